The van der Waals surface area contributed by atoms with E-state index in [0.717, 1.165) is 24.7 Å². The van der Waals surface area contributed by atoms with Gasteiger partial charge in [0.25, 0.3) is 0 Å². The molecule has 1 aliphatic carbocycles. The van der Waals surface area contributed by atoms with Gasteiger partial charge in [0.1, 0.15) is 0 Å². The summed E-state index contributed by atoms with van der Waals surface area (Å²) in [4.78, 5) is 0. The van der Waals surface area contributed by atoms with E-state index < -0.39 is 5.60 Å². The topological polar surface area (TPSA) is 38.7 Å². The third-order valence-corrected chi connectivity index (χ3v) is 6.58. The molecule has 0 bridgehead atoms. The van der Waals surface area contributed by atoms with Gasteiger partial charge in [-0.2, -0.15) is 0 Å². The van der Waals surface area contributed by atoms with Crippen LogP contribution in [-0.2, 0) is 14.9 Å². The number of benzene rings is 2. The quantitative estimate of drug-likeness (QED) is 0.836. The Balaban J connectivity index is 1.54. The summed E-state index contributed by atoms with van der Waals surface area (Å²) < 4.78 is 12.3. The van der Waals surface area contributed by atoms with Crippen LogP contribution in [0.5, 0.6) is 0 Å². The zero-order valence-corrected chi connectivity index (χ0v) is 15.6. The lowest BCUT2D eigenvalue weighted by atomic mass is 9.58. The first kappa shape index (κ1) is 17.1. The maximum atomic E-state index is 11.3. The smallest absolute Gasteiger partial charge is 0.403 e. The lowest BCUT2D eigenvalue weighted by Crippen LogP contribution is -2.46. The van der Waals surface area contributed by atoms with Gasteiger partial charge < -0.3 is 14.4 Å². The van der Waals surface area contributed by atoms with Crippen molar-refractivity contribution in [1.82, 2.24) is 0 Å². The number of fused-ring (bicyclic) bond motifs is 1. The van der Waals surface area contributed by atoms with Gasteiger partial charge in [-0.25, -0.2) is 0 Å². The van der Waals surface area contributed by atoms with Crippen LogP contribution in [0.3, 0.4) is 0 Å². The first-order valence-electron chi connectivity index (χ1n) is 9.29. The van der Waals surface area contributed by atoms with E-state index in [4.69, 9.17) is 9.31 Å². The molecule has 0 radical (unpaired) electrons. The van der Waals surface area contributed by atoms with E-state index in [9.17, 15) is 5.11 Å². The largest absolute Gasteiger partial charge is 0.458 e. The molecule has 132 valence electrons. The molecule has 25 heavy (non-hydrogen) atoms. The second-order valence-corrected chi connectivity index (χ2v) is 8.64. The molecule has 4 heteroatoms. The van der Waals surface area contributed by atoms with Crippen molar-refractivity contribution in [2.24, 2.45) is 5.92 Å². The van der Waals surface area contributed by atoms with Crippen molar-refractivity contribution in [2.45, 2.75) is 63.7 Å². The summed E-state index contributed by atoms with van der Waals surface area (Å²) in [5, 5.41) is 13.7. The molecule has 1 saturated carbocycles. The van der Waals surface area contributed by atoms with Crippen molar-refractivity contribution in [3.63, 3.8) is 0 Å². The molecule has 0 amide bonds. The van der Waals surface area contributed by atoms with E-state index in [0.29, 0.717) is 0 Å². The summed E-state index contributed by atoms with van der Waals surface area (Å²) in [7, 11) is -0.248. The molecule has 2 aromatic rings. The Hall–Kier alpha value is -1.36. The van der Waals surface area contributed by atoms with Gasteiger partial charge in [-0.1, -0.05) is 36.4 Å². The number of hydrogen-bond donors (Lipinski definition) is 1. The second-order valence-electron chi connectivity index (χ2n) is 8.64. The van der Waals surface area contributed by atoms with Gasteiger partial charge in [-0.05, 0) is 75.2 Å². The molecular weight excluding hydrogens is 311 g/mol. The van der Waals surface area contributed by atoms with Crippen molar-refractivity contribution in [3.8, 4) is 0 Å². The van der Waals surface area contributed by atoms with Crippen molar-refractivity contribution >= 4 is 17.9 Å². The molecule has 3 nitrogen and oxygen atoms in total. The molecule has 2 aromatic carbocycles. The van der Waals surface area contributed by atoms with Crippen molar-refractivity contribution in [2.75, 3.05) is 0 Å². The third kappa shape index (κ3) is 2.71. The average Bonchev–Trinajstić information content (AvgIpc) is 2.77. The summed E-state index contributed by atoms with van der Waals surface area (Å²) in [6.45, 7) is 8.29. The zero-order valence-electron chi connectivity index (χ0n) is 15.6. The highest BCUT2D eigenvalue weighted by Crippen LogP contribution is 2.51. The summed E-state index contributed by atoms with van der Waals surface area (Å²) in [6, 6.07) is 14.6. The van der Waals surface area contributed by atoms with Gasteiger partial charge >= 0.3 is 7.12 Å². The fourth-order valence-electron chi connectivity index (χ4n) is 4.07. The summed E-state index contributed by atoms with van der Waals surface area (Å²) in [6.07, 6.45) is 2.54. The van der Waals surface area contributed by atoms with E-state index in [1.54, 1.807) is 0 Å². The van der Waals surface area contributed by atoms with Crippen LogP contribution < -0.4 is 0 Å². The molecule has 2 fully saturated rings. The van der Waals surface area contributed by atoms with Crippen molar-refractivity contribution < 1.29 is 14.4 Å². The van der Waals surface area contributed by atoms with Crippen molar-refractivity contribution in [3.05, 3.63) is 48.0 Å². The minimum absolute atomic E-state index is 0.170. The van der Waals surface area contributed by atoms with Crippen LogP contribution in [0.15, 0.2) is 42.5 Å². The summed E-state index contributed by atoms with van der Waals surface area (Å²) >= 11 is 0. The first-order chi connectivity index (χ1) is 11.7. The van der Waals surface area contributed by atoms with E-state index in [-0.39, 0.29) is 24.2 Å². The molecule has 1 saturated heterocycles. The summed E-state index contributed by atoms with van der Waals surface area (Å²) in [5.74, 6) is 0.170. The highest BCUT2D eigenvalue weighted by atomic mass is 16.7. The first-order valence-corrected chi connectivity index (χ1v) is 9.29. The lowest BCUT2D eigenvalue weighted by Gasteiger charge is -2.46. The molecule has 4 rings (SSSR count). The average molecular weight is 338 g/mol. The molecule has 0 unspecified atom stereocenters. The monoisotopic (exact) mass is 338 g/mol. The second kappa shape index (κ2) is 5.57. The molecule has 2 aliphatic rings. The van der Waals surface area contributed by atoms with Crippen molar-refractivity contribution in [1.29, 1.82) is 0 Å². The lowest BCUT2D eigenvalue weighted by molar-refractivity contribution is -0.0950. The molecular formula is C21H27BO3. The van der Waals surface area contributed by atoms with Gasteiger partial charge in [-0.15, -0.1) is 0 Å². The molecule has 0 spiro atoms. The predicted molar refractivity (Wildman–Crippen MR) is 101 cm³/mol. The third-order valence-electron chi connectivity index (χ3n) is 6.58. The van der Waals surface area contributed by atoms with Gasteiger partial charge in [0.05, 0.1) is 16.8 Å². The van der Waals surface area contributed by atoms with Crippen LogP contribution in [0.25, 0.3) is 10.8 Å². The number of aliphatic hydroxyl groups is 1. The Kier molecular flexibility index (Phi) is 3.80. The predicted octanol–water partition coefficient (Wildman–Crippen LogP) is 4.53. The van der Waals surface area contributed by atoms with Crippen LogP contribution in [-0.4, -0.2) is 23.4 Å². The maximum absolute atomic E-state index is 11.3. The number of hydrogen-bond acceptors (Lipinski definition) is 3. The van der Waals surface area contributed by atoms with Gasteiger partial charge in [0, 0.05) is 0 Å². The summed E-state index contributed by atoms with van der Waals surface area (Å²) in [5.41, 5.74) is -0.391. The van der Waals surface area contributed by atoms with Crippen LogP contribution in [0, 0.1) is 5.92 Å². The minimum Gasteiger partial charge on any atom is -0.403 e. The molecule has 0 aromatic heterocycles. The van der Waals surface area contributed by atoms with E-state index >= 15 is 0 Å². The van der Waals surface area contributed by atoms with Crippen LogP contribution in [0.2, 0.25) is 6.32 Å². The Morgan fingerprint density at radius 3 is 2.24 bits per heavy atom. The van der Waals surface area contributed by atoms with Gasteiger partial charge in [0.2, 0.25) is 0 Å². The Morgan fingerprint density at radius 1 is 1.00 bits per heavy atom. The Bertz CT molecular complexity index is 785. The van der Waals surface area contributed by atoms with Crippen LogP contribution >= 0.6 is 0 Å². The van der Waals surface area contributed by atoms with E-state index in [2.05, 4.69) is 58.0 Å². The highest BCUT2D eigenvalue weighted by Gasteiger charge is 2.55. The zero-order chi connectivity index (χ0) is 17.9. The van der Waals surface area contributed by atoms with E-state index in [1.165, 1.54) is 10.8 Å². The standard InChI is InChI=1S/C21H27BO3/c1-19(2)20(3,4)25-22(24-19)14-18-11-12-21(18,23)17-10-9-15-7-5-6-8-16(15)13-17/h5-10,13,18,23H,11-12,14H2,1-4H3/t18-,21+/m0/s1. The Morgan fingerprint density at radius 2 is 1.64 bits per heavy atom. The Labute approximate surface area is 150 Å². The van der Waals surface area contributed by atoms with E-state index in [1.807, 2.05) is 12.1 Å². The SMILES string of the molecule is CC1(C)OB(C[C@@H]2CC[C@@]2(O)c2ccc3ccccc3c2)OC1(C)C. The van der Waals surface area contributed by atoms with Crippen LogP contribution in [0.1, 0.15) is 46.1 Å². The van der Waals surface area contributed by atoms with Gasteiger partial charge in [-0.3, -0.25) is 0 Å². The van der Waals surface area contributed by atoms with Crippen LogP contribution in [0.4, 0.5) is 0 Å². The molecule has 1 N–H and O–H groups in total. The number of rotatable bonds is 3. The minimum atomic E-state index is -0.770. The maximum Gasteiger partial charge on any atom is 0.458 e. The van der Waals surface area contributed by atoms with Gasteiger partial charge in [0.15, 0.2) is 0 Å². The molecule has 2 atom stereocenters. The highest BCUT2D eigenvalue weighted by molar-refractivity contribution is 6.45. The molecule has 1 aliphatic heterocycles. The molecule has 1 heterocycles. The fourth-order valence-corrected chi connectivity index (χ4v) is 4.07. The normalized spacial score (nSPS) is 30.4. The fraction of sp³-hybridized carbons (Fsp3) is 0.524.